The third kappa shape index (κ3) is 4.49. The maximum absolute atomic E-state index is 12.5. The number of thiophene rings is 1. The smallest absolute Gasteiger partial charge is 0.225 e. The van der Waals surface area contributed by atoms with Crippen molar-refractivity contribution in [3.63, 3.8) is 0 Å². The quantitative estimate of drug-likeness (QED) is 0.860. The highest BCUT2D eigenvalue weighted by molar-refractivity contribution is 7.09. The predicted octanol–water partition coefficient (Wildman–Crippen LogP) is 3.24. The normalized spacial score (nSPS) is 20.3. The van der Waals surface area contributed by atoms with Crippen molar-refractivity contribution >= 4 is 23.2 Å². The van der Waals surface area contributed by atoms with Gasteiger partial charge in [-0.2, -0.15) is 0 Å². The molecule has 1 saturated heterocycles. The summed E-state index contributed by atoms with van der Waals surface area (Å²) in [5, 5.41) is 5.18. The second-order valence-electron chi connectivity index (χ2n) is 7.87. The fraction of sp³-hybridized carbons (Fsp3) is 0.571. The van der Waals surface area contributed by atoms with Gasteiger partial charge in [-0.05, 0) is 61.5 Å². The summed E-state index contributed by atoms with van der Waals surface area (Å²) in [6.45, 7) is 5.13. The molecule has 2 aliphatic rings. The Balaban J connectivity index is 1.32. The molecule has 6 heteroatoms. The van der Waals surface area contributed by atoms with E-state index < -0.39 is 0 Å². The van der Waals surface area contributed by atoms with Crippen LogP contribution >= 0.6 is 11.3 Å². The van der Waals surface area contributed by atoms with Crippen LogP contribution in [0.3, 0.4) is 0 Å². The van der Waals surface area contributed by atoms with Gasteiger partial charge in [0.1, 0.15) is 0 Å². The first-order valence-corrected chi connectivity index (χ1v) is 11.0. The van der Waals surface area contributed by atoms with Crippen LogP contribution in [0.1, 0.15) is 42.3 Å². The van der Waals surface area contributed by atoms with Crippen LogP contribution in [0.5, 0.6) is 0 Å². The van der Waals surface area contributed by atoms with Crippen LogP contribution in [-0.2, 0) is 24.1 Å². The standard InChI is InChI=1S/C21H28N4OS/c1-15-7-10-25(11-8-15)21-23-14-17-13-16(4-5-19(17)24-21)20(26)22-9-6-18-3-2-12-27-18/h2-3,12,14-16H,4-11,13H2,1H3,(H,22,26). The molecule has 4 rings (SSSR count). The first-order chi connectivity index (χ1) is 13.2. The van der Waals surface area contributed by atoms with Gasteiger partial charge >= 0.3 is 0 Å². The molecule has 144 valence electrons. The van der Waals surface area contributed by atoms with Crippen LogP contribution in [-0.4, -0.2) is 35.5 Å². The van der Waals surface area contributed by atoms with Crippen molar-refractivity contribution in [1.82, 2.24) is 15.3 Å². The van der Waals surface area contributed by atoms with Crippen molar-refractivity contribution in [2.75, 3.05) is 24.5 Å². The molecule has 3 heterocycles. The van der Waals surface area contributed by atoms with Gasteiger partial charge in [-0.25, -0.2) is 9.97 Å². The van der Waals surface area contributed by atoms with Gasteiger partial charge in [-0.15, -0.1) is 11.3 Å². The lowest BCUT2D eigenvalue weighted by atomic mass is 9.86. The van der Waals surface area contributed by atoms with E-state index in [1.807, 2.05) is 6.20 Å². The molecular formula is C21H28N4OS. The van der Waals surface area contributed by atoms with E-state index in [0.717, 1.165) is 61.9 Å². The summed E-state index contributed by atoms with van der Waals surface area (Å²) in [6.07, 6.45) is 7.82. The number of carbonyl (C=O) groups is 1. The average molecular weight is 385 g/mol. The number of nitrogens with one attached hydrogen (secondary N) is 1. The summed E-state index contributed by atoms with van der Waals surface area (Å²) < 4.78 is 0. The summed E-state index contributed by atoms with van der Waals surface area (Å²) in [7, 11) is 0. The summed E-state index contributed by atoms with van der Waals surface area (Å²) in [6, 6.07) is 4.17. The Kier molecular flexibility index (Phi) is 5.72. The Morgan fingerprint density at radius 3 is 2.96 bits per heavy atom. The summed E-state index contributed by atoms with van der Waals surface area (Å²) >= 11 is 1.74. The number of rotatable bonds is 5. The van der Waals surface area contributed by atoms with Gasteiger partial charge < -0.3 is 10.2 Å². The molecule has 1 amide bonds. The van der Waals surface area contributed by atoms with Gasteiger partial charge in [0, 0.05) is 42.3 Å². The lowest BCUT2D eigenvalue weighted by molar-refractivity contribution is -0.125. The average Bonchev–Trinajstić information content (AvgIpc) is 3.21. The molecule has 1 aliphatic heterocycles. The number of carbonyl (C=O) groups excluding carboxylic acids is 1. The lowest BCUT2D eigenvalue weighted by Crippen LogP contribution is -2.36. The Labute approximate surface area is 165 Å². The molecule has 1 aliphatic carbocycles. The zero-order valence-electron chi connectivity index (χ0n) is 16.0. The molecule has 0 saturated carbocycles. The van der Waals surface area contributed by atoms with Crippen LogP contribution < -0.4 is 10.2 Å². The zero-order chi connectivity index (χ0) is 18.6. The van der Waals surface area contributed by atoms with Crippen LogP contribution in [0.4, 0.5) is 5.95 Å². The molecule has 2 aromatic rings. The third-order valence-electron chi connectivity index (χ3n) is 5.83. The van der Waals surface area contributed by atoms with E-state index in [1.54, 1.807) is 11.3 Å². The van der Waals surface area contributed by atoms with E-state index in [2.05, 4.69) is 39.6 Å². The summed E-state index contributed by atoms with van der Waals surface area (Å²) in [4.78, 5) is 25.6. The van der Waals surface area contributed by atoms with E-state index in [0.29, 0.717) is 6.54 Å². The molecule has 0 bridgehead atoms. The molecule has 2 aromatic heterocycles. The molecule has 0 radical (unpaired) electrons. The molecule has 0 aromatic carbocycles. The third-order valence-corrected chi connectivity index (χ3v) is 6.76. The minimum atomic E-state index is 0.0473. The van der Waals surface area contributed by atoms with Crippen LogP contribution in [0.15, 0.2) is 23.7 Å². The molecule has 1 unspecified atom stereocenters. The second-order valence-corrected chi connectivity index (χ2v) is 8.90. The molecule has 1 fully saturated rings. The number of piperidine rings is 1. The van der Waals surface area contributed by atoms with E-state index in [1.165, 1.54) is 17.7 Å². The van der Waals surface area contributed by atoms with Gasteiger partial charge in [0.05, 0.1) is 0 Å². The topological polar surface area (TPSA) is 58.1 Å². The second kappa shape index (κ2) is 8.38. The minimum absolute atomic E-state index is 0.0473. The largest absolute Gasteiger partial charge is 0.355 e. The lowest BCUT2D eigenvalue weighted by Gasteiger charge is -2.31. The van der Waals surface area contributed by atoms with E-state index in [4.69, 9.17) is 4.98 Å². The zero-order valence-corrected chi connectivity index (χ0v) is 16.8. The van der Waals surface area contributed by atoms with Crippen molar-refractivity contribution in [2.45, 2.75) is 45.4 Å². The van der Waals surface area contributed by atoms with Crippen molar-refractivity contribution in [2.24, 2.45) is 11.8 Å². The monoisotopic (exact) mass is 384 g/mol. The fourth-order valence-corrected chi connectivity index (χ4v) is 4.70. The van der Waals surface area contributed by atoms with Crippen molar-refractivity contribution in [1.29, 1.82) is 0 Å². The van der Waals surface area contributed by atoms with Crippen LogP contribution in [0, 0.1) is 11.8 Å². The molecule has 5 nitrogen and oxygen atoms in total. The number of nitrogens with zero attached hydrogens (tertiary/aromatic N) is 3. The number of amides is 1. The fourth-order valence-electron chi connectivity index (χ4n) is 3.99. The molecular weight excluding hydrogens is 356 g/mol. The van der Waals surface area contributed by atoms with E-state index in [9.17, 15) is 4.79 Å². The SMILES string of the molecule is CC1CCN(c2ncc3c(n2)CCC(C(=O)NCCc2cccs2)C3)CC1. The van der Waals surface area contributed by atoms with E-state index >= 15 is 0 Å². The number of aryl methyl sites for hydroxylation is 1. The maximum atomic E-state index is 12.5. The van der Waals surface area contributed by atoms with Gasteiger partial charge in [0.25, 0.3) is 0 Å². The van der Waals surface area contributed by atoms with Crippen molar-refractivity contribution in [3.05, 3.63) is 39.8 Å². The number of anilines is 1. The first-order valence-electron chi connectivity index (χ1n) is 10.1. The number of hydrogen-bond acceptors (Lipinski definition) is 5. The first kappa shape index (κ1) is 18.4. The van der Waals surface area contributed by atoms with Gasteiger partial charge in [-0.1, -0.05) is 13.0 Å². The van der Waals surface area contributed by atoms with Crippen LogP contribution in [0.2, 0.25) is 0 Å². The Hall–Kier alpha value is -1.95. The highest BCUT2D eigenvalue weighted by atomic mass is 32.1. The van der Waals surface area contributed by atoms with Crippen molar-refractivity contribution in [3.8, 4) is 0 Å². The summed E-state index contributed by atoms with van der Waals surface area (Å²) in [5.41, 5.74) is 2.29. The van der Waals surface area contributed by atoms with E-state index in [-0.39, 0.29) is 11.8 Å². The predicted molar refractivity (Wildman–Crippen MR) is 109 cm³/mol. The Bertz CT molecular complexity index is 768. The number of hydrogen-bond donors (Lipinski definition) is 1. The van der Waals surface area contributed by atoms with Crippen LogP contribution in [0.25, 0.3) is 0 Å². The highest BCUT2D eigenvalue weighted by Crippen LogP contribution is 2.27. The highest BCUT2D eigenvalue weighted by Gasteiger charge is 2.27. The molecule has 1 N–H and O–H groups in total. The molecule has 27 heavy (non-hydrogen) atoms. The number of aromatic nitrogens is 2. The van der Waals surface area contributed by atoms with Crippen molar-refractivity contribution < 1.29 is 4.79 Å². The van der Waals surface area contributed by atoms with Gasteiger partial charge in [0.2, 0.25) is 11.9 Å². The minimum Gasteiger partial charge on any atom is -0.355 e. The Morgan fingerprint density at radius 2 is 2.19 bits per heavy atom. The maximum Gasteiger partial charge on any atom is 0.225 e. The van der Waals surface area contributed by atoms with Gasteiger partial charge in [0.15, 0.2) is 0 Å². The Morgan fingerprint density at radius 1 is 1.33 bits per heavy atom. The molecule has 0 spiro atoms. The summed E-state index contributed by atoms with van der Waals surface area (Å²) in [5.74, 6) is 1.90. The molecule has 1 atom stereocenters. The van der Waals surface area contributed by atoms with Gasteiger partial charge in [-0.3, -0.25) is 4.79 Å². The number of fused-ring (bicyclic) bond motifs is 1.